The minimum absolute atomic E-state index is 0.267. The van der Waals surface area contributed by atoms with Gasteiger partial charge in [-0.3, -0.25) is 9.78 Å². The number of hydrogen-bond donors (Lipinski definition) is 1. The summed E-state index contributed by atoms with van der Waals surface area (Å²) in [5.41, 5.74) is 4.77. The van der Waals surface area contributed by atoms with Crippen LogP contribution >= 0.6 is 15.9 Å². The van der Waals surface area contributed by atoms with E-state index in [4.69, 9.17) is 0 Å². The van der Waals surface area contributed by atoms with Crippen LogP contribution in [0.15, 0.2) is 70.4 Å². The van der Waals surface area contributed by atoms with E-state index in [9.17, 15) is 4.79 Å². The Morgan fingerprint density at radius 2 is 1.91 bits per heavy atom. The molecular weight excluding hydrogens is 342 g/mol. The van der Waals surface area contributed by atoms with Gasteiger partial charge in [-0.05, 0) is 34.1 Å². The average molecular weight is 354 g/mol. The van der Waals surface area contributed by atoms with Crippen LogP contribution in [0.3, 0.4) is 0 Å². The molecule has 2 aromatic carbocycles. The summed E-state index contributed by atoms with van der Waals surface area (Å²) in [6.07, 6.45) is 3.34. The van der Waals surface area contributed by atoms with Crippen molar-refractivity contribution < 1.29 is 4.79 Å². The second-order valence-corrected chi connectivity index (χ2v) is 5.46. The fourth-order valence-electron chi connectivity index (χ4n) is 2.10. The van der Waals surface area contributed by atoms with Gasteiger partial charge in [-0.15, -0.1) is 0 Å². The lowest BCUT2D eigenvalue weighted by atomic mass is 10.1. The molecule has 0 atom stereocenters. The van der Waals surface area contributed by atoms with Crippen molar-refractivity contribution >= 4 is 39.0 Å². The van der Waals surface area contributed by atoms with Crippen molar-refractivity contribution in [2.45, 2.75) is 0 Å². The van der Waals surface area contributed by atoms with E-state index in [0.29, 0.717) is 5.56 Å². The van der Waals surface area contributed by atoms with Gasteiger partial charge in [0.1, 0.15) is 0 Å². The number of hydrazone groups is 1. The second-order valence-electron chi connectivity index (χ2n) is 4.60. The molecule has 22 heavy (non-hydrogen) atoms. The number of pyridine rings is 1. The summed E-state index contributed by atoms with van der Waals surface area (Å²) in [4.78, 5) is 16.4. The lowest BCUT2D eigenvalue weighted by Gasteiger charge is -2.03. The summed E-state index contributed by atoms with van der Waals surface area (Å²) in [5, 5.41) is 5.05. The number of nitrogens with zero attached hydrogens (tertiary/aromatic N) is 2. The van der Waals surface area contributed by atoms with Crippen molar-refractivity contribution in [2.75, 3.05) is 0 Å². The first-order valence-electron chi connectivity index (χ1n) is 6.67. The Morgan fingerprint density at radius 1 is 1.09 bits per heavy atom. The molecule has 0 fully saturated rings. The number of amides is 1. The highest BCUT2D eigenvalue weighted by Gasteiger charge is 2.07. The van der Waals surface area contributed by atoms with Crippen LogP contribution in [0.1, 0.15) is 15.9 Å². The van der Waals surface area contributed by atoms with Gasteiger partial charge in [0.15, 0.2) is 0 Å². The third kappa shape index (κ3) is 3.04. The summed E-state index contributed by atoms with van der Waals surface area (Å²) in [5.74, 6) is -0.267. The van der Waals surface area contributed by atoms with Gasteiger partial charge in [0, 0.05) is 21.6 Å². The SMILES string of the molecule is O=C(NN=Cc1cccc2cccnc12)c1ccccc1Br. The molecule has 1 aromatic heterocycles. The van der Waals surface area contributed by atoms with Crippen molar-refractivity contribution in [1.82, 2.24) is 10.4 Å². The van der Waals surface area contributed by atoms with E-state index >= 15 is 0 Å². The fourth-order valence-corrected chi connectivity index (χ4v) is 2.56. The van der Waals surface area contributed by atoms with Gasteiger partial charge in [-0.25, -0.2) is 5.43 Å². The fraction of sp³-hybridized carbons (Fsp3) is 0. The summed E-state index contributed by atoms with van der Waals surface area (Å²) in [6, 6.07) is 16.9. The molecule has 3 rings (SSSR count). The number of fused-ring (bicyclic) bond motifs is 1. The lowest BCUT2D eigenvalue weighted by molar-refractivity contribution is 0.0954. The molecule has 3 aromatic rings. The van der Waals surface area contributed by atoms with Crippen molar-refractivity contribution in [3.05, 3.63) is 76.4 Å². The van der Waals surface area contributed by atoms with E-state index in [-0.39, 0.29) is 5.91 Å². The predicted octanol–water partition coefficient (Wildman–Crippen LogP) is 3.76. The summed E-state index contributed by atoms with van der Waals surface area (Å²) in [6.45, 7) is 0. The van der Waals surface area contributed by atoms with Crippen LogP contribution in [-0.4, -0.2) is 17.1 Å². The quantitative estimate of drug-likeness (QED) is 0.575. The summed E-state index contributed by atoms with van der Waals surface area (Å²) in [7, 11) is 0. The van der Waals surface area contributed by atoms with Gasteiger partial charge in [-0.1, -0.05) is 36.4 Å². The van der Waals surface area contributed by atoms with Gasteiger partial charge in [-0.2, -0.15) is 5.10 Å². The molecule has 4 nitrogen and oxygen atoms in total. The largest absolute Gasteiger partial charge is 0.272 e. The molecule has 0 bridgehead atoms. The highest BCUT2D eigenvalue weighted by molar-refractivity contribution is 9.10. The highest BCUT2D eigenvalue weighted by Crippen LogP contribution is 2.16. The Labute approximate surface area is 136 Å². The van der Waals surface area contributed by atoms with E-state index in [0.717, 1.165) is 20.9 Å². The highest BCUT2D eigenvalue weighted by atomic mass is 79.9. The van der Waals surface area contributed by atoms with Gasteiger partial charge >= 0.3 is 0 Å². The molecule has 0 unspecified atom stereocenters. The molecule has 1 amide bonds. The minimum Gasteiger partial charge on any atom is -0.267 e. The maximum Gasteiger partial charge on any atom is 0.272 e. The van der Waals surface area contributed by atoms with Gasteiger partial charge in [0.2, 0.25) is 0 Å². The Balaban J connectivity index is 1.80. The van der Waals surface area contributed by atoms with Gasteiger partial charge in [0.05, 0.1) is 17.3 Å². The number of aromatic nitrogens is 1. The maximum atomic E-state index is 12.0. The first-order valence-corrected chi connectivity index (χ1v) is 7.47. The molecule has 0 saturated carbocycles. The molecular formula is C17H12BrN3O. The average Bonchev–Trinajstić information content (AvgIpc) is 2.55. The third-order valence-corrected chi connectivity index (χ3v) is 3.84. The normalized spacial score (nSPS) is 11.0. The molecule has 108 valence electrons. The topological polar surface area (TPSA) is 54.4 Å². The van der Waals surface area contributed by atoms with Crippen LogP contribution in [0.2, 0.25) is 0 Å². The summed E-state index contributed by atoms with van der Waals surface area (Å²) < 4.78 is 0.731. The number of rotatable bonds is 3. The van der Waals surface area contributed by atoms with Crippen LogP contribution in [0, 0.1) is 0 Å². The van der Waals surface area contributed by atoms with Crippen LogP contribution < -0.4 is 5.43 Å². The first kappa shape index (κ1) is 14.4. The Kier molecular flexibility index (Phi) is 4.25. The second kappa shape index (κ2) is 6.49. The maximum absolute atomic E-state index is 12.0. The van der Waals surface area contributed by atoms with E-state index in [1.54, 1.807) is 24.5 Å². The zero-order valence-corrected chi connectivity index (χ0v) is 13.1. The molecule has 1 heterocycles. The zero-order valence-electron chi connectivity index (χ0n) is 11.5. The van der Waals surface area contributed by atoms with E-state index < -0.39 is 0 Å². The predicted molar refractivity (Wildman–Crippen MR) is 90.9 cm³/mol. The third-order valence-electron chi connectivity index (χ3n) is 3.15. The zero-order chi connectivity index (χ0) is 15.4. The number of carbonyl (C=O) groups is 1. The van der Waals surface area contributed by atoms with E-state index in [1.807, 2.05) is 42.5 Å². The Morgan fingerprint density at radius 3 is 2.77 bits per heavy atom. The number of carbonyl (C=O) groups excluding carboxylic acids is 1. The van der Waals surface area contributed by atoms with E-state index in [1.165, 1.54) is 0 Å². The monoisotopic (exact) mass is 353 g/mol. The van der Waals surface area contributed by atoms with Crippen molar-refractivity contribution in [3.8, 4) is 0 Å². The van der Waals surface area contributed by atoms with Crippen LogP contribution in [0.25, 0.3) is 10.9 Å². The van der Waals surface area contributed by atoms with E-state index in [2.05, 4.69) is 31.4 Å². The number of hydrogen-bond acceptors (Lipinski definition) is 3. The summed E-state index contributed by atoms with van der Waals surface area (Å²) >= 11 is 3.34. The molecule has 1 N–H and O–H groups in total. The molecule has 0 spiro atoms. The standard InChI is InChI=1S/C17H12BrN3O/c18-15-9-2-1-8-14(15)17(22)21-20-11-13-6-3-5-12-7-4-10-19-16(12)13/h1-11H,(H,21,22). The molecule has 0 aliphatic heterocycles. The Hall–Kier alpha value is -2.53. The molecule has 5 heteroatoms. The molecule has 0 aliphatic rings. The molecule has 0 radical (unpaired) electrons. The van der Waals surface area contributed by atoms with Crippen molar-refractivity contribution in [1.29, 1.82) is 0 Å². The van der Waals surface area contributed by atoms with Crippen LogP contribution in [0.4, 0.5) is 0 Å². The Bertz CT molecular complexity index is 856. The molecule has 0 aliphatic carbocycles. The number of halogens is 1. The van der Waals surface area contributed by atoms with Gasteiger partial charge in [0.25, 0.3) is 5.91 Å². The van der Waals surface area contributed by atoms with Crippen molar-refractivity contribution in [3.63, 3.8) is 0 Å². The first-order chi connectivity index (χ1) is 10.8. The smallest absolute Gasteiger partial charge is 0.267 e. The minimum atomic E-state index is -0.267. The number of nitrogens with one attached hydrogen (secondary N) is 1. The number of benzene rings is 2. The molecule has 0 saturated heterocycles. The van der Waals surface area contributed by atoms with Crippen molar-refractivity contribution in [2.24, 2.45) is 5.10 Å². The van der Waals surface area contributed by atoms with Crippen LogP contribution in [0.5, 0.6) is 0 Å². The number of para-hydroxylation sites is 1. The van der Waals surface area contributed by atoms with Crippen LogP contribution in [-0.2, 0) is 0 Å². The lowest BCUT2D eigenvalue weighted by Crippen LogP contribution is -2.18. The van der Waals surface area contributed by atoms with Gasteiger partial charge < -0.3 is 0 Å².